The Balaban J connectivity index is 1.61. The first-order valence-electron chi connectivity index (χ1n) is 9.52. The molecule has 0 aromatic heterocycles. The number of hydrogen-bond acceptors (Lipinski definition) is 2. The summed E-state index contributed by atoms with van der Waals surface area (Å²) in [6.45, 7) is 1.03. The van der Waals surface area contributed by atoms with Gasteiger partial charge in [-0.3, -0.25) is 9.69 Å². The molecule has 2 saturated carbocycles. The van der Waals surface area contributed by atoms with E-state index in [2.05, 4.69) is 9.80 Å². The topological polar surface area (TPSA) is 35.9 Å². The van der Waals surface area contributed by atoms with Gasteiger partial charge in [-0.2, -0.15) is 0 Å². The highest BCUT2D eigenvalue weighted by atomic mass is 16.2. The van der Waals surface area contributed by atoms with Crippen molar-refractivity contribution < 1.29 is 4.79 Å². The largest absolute Gasteiger partial charge is 0.330 e. The molecule has 0 spiro atoms. The minimum absolute atomic E-state index is 0.115. The molecule has 22 heavy (non-hydrogen) atoms. The second-order valence-electron chi connectivity index (χ2n) is 7.57. The van der Waals surface area contributed by atoms with Gasteiger partial charge >= 0.3 is 0 Å². The molecule has 4 nitrogen and oxygen atoms in total. The van der Waals surface area contributed by atoms with Gasteiger partial charge in [-0.25, -0.2) is 4.99 Å². The maximum Gasteiger partial charge on any atom is 0.252 e. The van der Waals surface area contributed by atoms with Crippen LogP contribution in [0.25, 0.3) is 0 Å². The van der Waals surface area contributed by atoms with E-state index in [4.69, 9.17) is 4.99 Å². The molecule has 4 heteroatoms. The Morgan fingerprint density at radius 2 is 1.50 bits per heavy atom. The molecule has 4 fully saturated rings. The van der Waals surface area contributed by atoms with Crippen LogP contribution in [0.1, 0.15) is 77.0 Å². The van der Waals surface area contributed by atoms with Crippen LogP contribution in [0, 0.1) is 0 Å². The zero-order valence-corrected chi connectivity index (χ0v) is 13.7. The van der Waals surface area contributed by atoms with Gasteiger partial charge in [-0.05, 0) is 38.5 Å². The third-order valence-electron chi connectivity index (χ3n) is 6.06. The number of carbonyl (C=O) groups excluding carboxylic acids is 1. The molecular formula is C18H29N3O. The minimum Gasteiger partial charge on any atom is -0.330 e. The van der Waals surface area contributed by atoms with Crippen molar-refractivity contribution in [3.8, 4) is 0 Å². The summed E-state index contributed by atoms with van der Waals surface area (Å²) in [4.78, 5) is 22.5. The first kappa shape index (κ1) is 14.5. The van der Waals surface area contributed by atoms with Gasteiger partial charge in [0.1, 0.15) is 6.04 Å². The summed E-state index contributed by atoms with van der Waals surface area (Å²) in [5.41, 5.74) is 0. The number of rotatable bonds is 2. The van der Waals surface area contributed by atoms with E-state index in [1.165, 1.54) is 64.2 Å². The van der Waals surface area contributed by atoms with Gasteiger partial charge in [0, 0.05) is 12.6 Å². The van der Waals surface area contributed by atoms with Gasteiger partial charge in [0.2, 0.25) is 5.96 Å². The maximum atomic E-state index is 12.9. The van der Waals surface area contributed by atoms with E-state index in [0.29, 0.717) is 18.0 Å². The molecule has 0 radical (unpaired) electrons. The number of amides is 1. The van der Waals surface area contributed by atoms with Crippen molar-refractivity contribution in [3.63, 3.8) is 0 Å². The Kier molecular flexibility index (Phi) is 4.10. The molecule has 1 atom stereocenters. The lowest BCUT2D eigenvalue weighted by Crippen LogP contribution is -2.44. The van der Waals surface area contributed by atoms with Crippen LogP contribution in [0.2, 0.25) is 0 Å². The van der Waals surface area contributed by atoms with E-state index < -0.39 is 0 Å². The van der Waals surface area contributed by atoms with Crippen LogP contribution in [0.3, 0.4) is 0 Å². The van der Waals surface area contributed by atoms with E-state index in [1.54, 1.807) is 0 Å². The van der Waals surface area contributed by atoms with Crippen LogP contribution in [-0.4, -0.2) is 46.3 Å². The van der Waals surface area contributed by atoms with Gasteiger partial charge in [0.15, 0.2) is 0 Å². The highest BCUT2D eigenvalue weighted by molar-refractivity contribution is 6.07. The van der Waals surface area contributed by atoms with Crippen LogP contribution < -0.4 is 0 Å². The summed E-state index contributed by atoms with van der Waals surface area (Å²) in [6.07, 6.45) is 14.8. The summed E-state index contributed by atoms with van der Waals surface area (Å²) in [7, 11) is 0. The predicted octanol–water partition coefficient (Wildman–Crippen LogP) is 3.31. The van der Waals surface area contributed by atoms with Crippen LogP contribution in [0.5, 0.6) is 0 Å². The summed E-state index contributed by atoms with van der Waals surface area (Å²) < 4.78 is 0. The molecule has 0 N–H and O–H groups in total. The molecule has 1 unspecified atom stereocenters. The smallest absolute Gasteiger partial charge is 0.252 e. The first-order valence-corrected chi connectivity index (χ1v) is 9.52. The SMILES string of the molecule is O=C1C2CCCN2C(=NC2CCCCC2)N1C1CCCCC1. The highest BCUT2D eigenvalue weighted by Gasteiger charge is 2.48. The molecule has 1 amide bonds. The highest BCUT2D eigenvalue weighted by Crippen LogP contribution is 2.34. The second kappa shape index (κ2) is 6.21. The number of aliphatic imine (C=N–C) groups is 1. The summed E-state index contributed by atoms with van der Waals surface area (Å²) >= 11 is 0. The number of fused-ring (bicyclic) bond motifs is 1. The Bertz CT molecular complexity index is 449. The van der Waals surface area contributed by atoms with Gasteiger partial charge in [-0.15, -0.1) is 0 Å². The molecule has 2 saturated heterocycles. The van der Waals surface area contributed by atoms with Crippen molar-refractivity contribution in [1.82, 2.24) is 9.80 Å². The molecule has 4 aliphatic rings. The van der Waals surface area contributed by atoms with Crippen LogP contribution in [0.15, 0.2) is 4.99 Å². The molecule has 2 heterocycles. The number of carbonyl (C=O) groups is 1. The molecular weight excluding hydrogens is 274 g/mol. The minimum atomic E-state index is 0.115. The van der Waals surface area contributed by atoms with Gasteiger partial charge in [0.25, 0.3) is 5.91 Å². The first-order chi connectivity index (χ1) is 10.8. The van der Waals surface area contributed by atoms with Crippen LogP contribution >= 0.6 is 0 Å². The Morgan fingerprint density at radius 1 is 0.818 bits per heavy atom. The van der Waals surface area contributed by atoms with Crippen molar-refractivity contribution in [2.75, 3.05) is 6.54 Å². The molecule has 2 aliphatic heterocycles. The lowest BCUT2D eigenvalue weighted by molar-refractivity contribution is -0.129. The third-order valence-corrected chi connectivity index (χ3v) is 6.06. The van der Waals surface area contributed by atoms with Crippen molar-refractivity contribution in [2.45, 2.75) is 95.2 Å². The molecule has 0 aromatic rings. The fourth-order valence-corrected chi connectivity index (χ4v) is 4.85. The van der Waals surface area contributed by atoms with E-state index >= 15 is 0 Å². The Morgan fingerprint density at radius 3 is 2.23 bits per heavy atom. The average molecular weight is 303 g/mol. The maximum absolute atomic E-state index is 12.9. The second-order valence-corrected chi connectivity index (χ2v) is 7.57. The number of guanidine groups is 1. The lowest BCUT2D eigenvalue weighted by Gasteiger charge is -2.32. The fraction of sp³-hybridized carbons (Fsp3) is 0.889. The van der Waals surface area contributed by atoms with Crippen LogP contribution in [-0.2, 0) is 4.79 Å². The summed E-state index contributed by atoms with van der Waals surface area (Å²) in [5, 5.41) is 0. The Hall–Kier alpha value is -1.06. The molecule has 0 aromatic carbocycles. The quantitative estimate of drug-likeness (QED) is 0.784. The summed E-state index contributed by atoms with van der Waals surface area (Å²) in [6, 6.07) is 1.00. The van der Waals surface area contributed by atoms with Crippen molar-refractivity contribution >= 4 is 11.9 Å². The third kappa shape index (κ3) is 2.55. The Labute approximate surface area is 133 Å². The van der Waals surface area contributed by atoms with E-state index in [0.717, 1.165) is 25.3 Å². The molecule has 2 aliphatic carbocycles. The van der Waals surface area contributed by atoms with Crippen LogP contribution in [0.4, 0.5) is 0 Å². The van der Waals surface area contributed by atoms with Gasteiger partial charge < -0.3 is 4.90 Å². The van der Waals surface area contributed by atoms with E-state index in [1.807, 2.05) is 0 Å². The normalized spacial score (nSPS) is 33.0. The fourth-order valence-electron chi connectivity index (χ4n) is 4.85. The van der Waals surface area contributed by atoms with Crippen molar-refractivity contribution in [2.24, 2.45) is 4.99 Å². The predicted molar refractivity (Wildman–Crippen MR) is 87.8 cm³/mol. The molecule has 4 rings (SSSR count). The average Bonchev–Trinajstić information content (AvgIpc) is 3.13. The van der Waals surface area contributed by atoms with Crippen molar-refractivity contribution in [3.05, 3.63) is 0 Å². The zero-order chi connectivity index (χ0) is 14.9. The van der Waals surface area contributed by atoms with Crippen molar-refractivity contribution in [1.29, 1.82) is 0 Å². The molecule has 122 valence electrons. The zero-order valence-electron chi connectivity index (χ0n) is 13.7. The summed E-state index contributed by atoms with van der Waals surface area (Å²) in [5.74, 6) is 1.42. The number of nitrogens with zero attached hydrogens (tertiary/aromatic N) is 3. The van der Waals surface area contributed by atoms with E-state index in [9.17, 15) is 4.79 Å². The molecule has 0 bridgehead atoms. The van der Waals surface area contributed by atoms with E-state index in [-0.39, 0.29) is 6.04 Å². The lowest BCUT2D eigenvalue weighted by atomic mass is 9.94. The van der Waals surface area contributed by atoms with Gasteiger partial charge in [-0.1, -0.05) is 38.5 Å². The standard InChI is InChI=1S/C18H29N3O/c22-17-16-12-7-13-20(16)18(19-14-8-3-1-4-9-14)21(17)15-10-5-2-6-11-15/h14-16H,1-13H2. The monoisotopic (exact) mass is 303 g/mol. The number of hydrogen-bond donors (Lipinski definition) is 0. The van der Waals surface area contributed by atoms with Gasteiger partial charge in [0.05, 0.1) is 6.04 Å².